The lowest BCUT2D eigenvalue weighted by molar-refractivity contribution is -0.0437. The molecule has 0 heterocycles. The summed E-state index contributed by atoms with van der Waals surface area (Å²) in [5.74, 6) is 0. The summed E-state index contributed by atoms with van der Waals surface area (Å²) in [4.78, 5) is -1.15. The van der Waals surface area contributed by atoms with Gasteiger partial charge in [-0.15, -0.1) is 0 Å². The van der Waals surface area contributed by atoms with Crippen LogP contribution >= 0.6 is 10.7 Å². The average Bonchev–Trinajstić information content (AvgIpc) is 2.15. The molecular formula is C11H13ClO3S. The zero-order valence-electron chi connectivity index (χ0n) is 8.73. The van der Waals surface area contributed by atoms with Crippen LogP contribution in [0.25, 0.3) is 0 Å². The quantitative estimate of drug-likeness (QED) is 0.782. The van der Waals surface area contributed by atoms with Gasteiger partial charge < -0.3 is 4.74 Å². The molecule has 0 spiro atoms. The van der Waals surface area contributed by atoms with Crippen LogP contribution in [0.2, 0.25) is 0 Å². The molecule has 0 aliphatic heterocycles. The van der Waals surface area contributed by atoms with Crippen LogP contribution in [0.15, 0.2) is 30.3 Å². The Morgan fingerprint density at radius 2 is 1.88 bits per heavy atom. The van der Waals surface area contributed by atoms with Gasteiger partial charge >= 0.3 is 0 Å². The highest BCUT2D eigenvalue weighted by Gasteiger charge is 2.49. The van der Waals surface area contributed by atoms with Crippen molar-refractivity contribution in [3.8, 4) is 0 Å². The Morgan fingerprint density at radius 3 is 2.31 bits per heavy atom. The highest BCUT2D eigenvalue weighted by molar-refractivity contribution is 8.14. The van der Waals surface area contributed by atoms with Crippen LogP contribution in [0, 0.1) is 0 Å². The van der Waals surface area contributed by atoms with Gasteiger partial charge in [-0.1, -0.05) is 30.3 Å². The molecular weight excluding hydrogens is 248 g/mol. The first-order valence-electron chi connectivity index (χ1n) is 5.16. The molecule has 1 aliphatic carbocycles. The van der Waals surface area contributed by atoms with Crippen molar-refractivity contribution >= 4 is 19.7 Å². The van der Waals surface area contributed by atoms with E-state index in [1.165, 1.54) is 0 Å². The number of benzene rings is 1. The summed E-state index contributed by atoms with van der Waals surface area (Å²) in [5, 5.41) is 0. The van der Waals surface area contributed by atoms with Crippen molar-refractivity contribution in [2.75, 3.05) is 0 Å². The molecule has 16 heavy (non-hydrogen) atoms. The number of rotatable bonds is 4. The highest BCUT2D eigenvalue weighted by Crippen LogP contribution is 2.42. The lowest BCUT2D eigenvalue weighted by atomic mass is 9.95. The maximum absolute atomic E-state index is 11.4. The van der Waals surface area contributed by atoms with Gasteiger partial charge in [-0.2, -0.15) is 0 Å². The maximum Gasteiger partial charge on any atom is 0.262 e. The predicted octanol–water partition coefficient (Wildman–Crippen LogP) is 2.65. The lowest BCUT2D eigenvalue weighted by Gasteiger charge is -2.38. The number of hydrogen-bond donors (Lipinski definition) is 0. The van der Waals surface area contributed by atoms with E-state index in [4.69, 9.17) is 15.4 Å². The summed E-state index contributed by atoms with van der Waals surface area (Å²) in [6, 6.07) is 9.48. The zero-order valence-corrected chi connectivity index (χ0v) is 10.3. The normalized spacial score (nSPS) is 19.1. The van der Waals surface area contributed by atoms with E-state index >= 15 is 0 Å². The smallest absolute Gasteiger partial charge is 0.262 e. The molecule has 0 aromatic heterocycles. The second-order valence-electron chi connectivity index (χ2n) is 3.98. The van der Waals surface area contributed by atoms with Crippen LogP contribution < -0.4 is 0 Å². The van der Waals surface area contributed by atoms with Crippen molar-refractivity contribution in [2.45, 2.75) is 30.8 Å². The average molecular weight is 261 g/mol. The molecule has 1 aromatic rings. The number of ether oxygens (including phenoxy) is 1. The molecule has 0 N–H and O–H groups in total. The van der Waals surface area contributed by atoms with Crippen molar-refractivity contribution in [2.24, 2.45) is 0 Å². The topological polar surface area (TPSA) is 43.4 Å². The third-order valence-corrected chi connectivity index (χ3v) is 5.16. The first-order valence-corrected chi connectivity index (χ1v) is 7.47. The predicted molar refractivity (Wildman–Crippen MR) is 62.6 cm³/mol. The van der Waals surface area contributed by atoms with Crippen LogP contribution in [-0.4, -0.2) is 13.4 Å². The third kappa shape index (κ3) is 2.24. The van der Waals surface area contributed by atoms with Gasteiger partial charge in [-0.05, 0) is 24.8 Å². The van der Waals surface area contributed by atoms with Crippen LogP contribution in [-0.2, 0) is 20.4 Å². The third-order valence-electron chi connectivity index (χ3n) is 2.90. The summed E-state index contributed by atoms with van der Waals surface area (Å²) in [7, 11) is 1.76. The van der Waals surface area contributed by atoms with Gasteiger partial charge in [0.15, 0.2) is 4.93 Å². The van der Waals surface area contributed by atoms with Gasteiger partial charge in [-0.25, -0.2) is 8.42 Å². The summed E-state index contributed by atoms with van der Waals surface area (Å²) < 4.78 is 28.3. The molecule has 0 radical (unpaired) electrons. The largest absolute Gasteiger partial charge is 0.353 e. The molecule has 0 bridgehead atoms. The Labute approximate surface area is 99.8 Å². The maximum atomic E-state index is 11.4. The van der Waals surface area contributed by atoms with E-state index in [0.717, 1.165) is 12.0 Å². The Hall–Kier alpha value is -0.580. The van der Waals surface area contributed by atoms with Crippen molar-refractivity contribution in [3.05, 3.63) is 35.9 Å². The Kier molecular flexibility index (Phi) is 3.24. The lowest BCUT2D eigenvalue weighted by Crippen LogP contribution is -2.45. The molecule has 88 valence electrons. The minimum Gasteiger partial charge on any atom is -0.353 e. The Bertz CT molecular complexity index is 451. The molecule has 1 saturated carbocycles. The minimum absolute atomic E-state index is 0.285. The van der Waals surface area contributed by atoms with E-state index in [-0.39, 0.29) is 6.61 Å². The van der Waals surface area contributed by atoms with E-state index in [1.54, 1.807) is 0 Å². The van der Waals surface area contributed by atoms with Crippen molar-refractivity contribution < 1.29 is 13.2 Å². The second-order valence-corrected chi connectivity index (χ2v) is 6.81. The second kappa shape index (κ2) is 4.35. The first-order chi connectivity index (χ1) is 7.54. The van der Waals surface area contributed by atoms with Crippen LogP contribution in [0.3, 0.4) is 0 Å². The van der Waals surface area contributed by atoms with E-state index in [0.29, 0.717) is 12.8 Å². The van der Waals surface area contributed by atoms with Crippen LogP contribution in [0.4, 0.5) is 0 Å². The van der Waals surface area contributed by atoms with E-state index in [2.05, 4.69) is 0 Å². The molecule has 1 fully saturated rings. The molecule has 0 atom stereocenters. The summed E-state index contributed by atoms with van der Waals surface area (Å²) >= 11 is 0. The van der Waals surface area contributed by atoms with Gasteiger partial charge in [0.1, 0.15) is 0 Å². The van der Waals surface area contributed by atoms with Crippen molar-refractivity contribution in [1.29, 1.82) is 0 Å². The van der Waals surface area contributed by atoms with Crippen molar-refractivity contribution in [1.82, 2.24) is 0 Å². The van der Waals surface area contributed by atoms with Crippen molar-refractivity contribution in [3.63, 3.8) is 0 Å². The van der Waals surface area contributed by atoms with Crippen LogP contribution in [0.5, 0.6) is 0 Å². The standard InChI is InChI=1S/C11H13ClO3S/c12-16(13,14)11(7-4-8-11)15-9-10-5-2-1-3-6-10/h1-3,5-6H,4,7-9H2. The SMILES string of the molecule is O=S(=O)(Cl)C1(OCc2ccccc2)CCC1. The fraction of sp³-hybridized carbons (Fsp3) is 0.455. The summed E-state index contributed by atoms with van der Waals surface area (Å²) in [5.41, 5.74) is 0.953. The van der Waals surface area contributed by atoms with E-state index in [1.807, 2.05) is 30.3 Å². The van der Waals surface area contributed by atoms with Gasteiger partial charge in [0.25, 0.3) is 9.05 Å². The monoisotopic (exact) mass is 260 g/mol. The summed E-state index contributed by atoms with van der Waals surface area (Å²) in [6.45, 7) is 0.285. The Morgan fingerprint density at radius 1 is 1.25 bits per heavy atom. The van der Waals surface area contributed by atoms with E-state index in [9.17, 15) is 8.42 Å². The van der Waals surface area contributed by atoms with Crippen LogP contribution in [0.1, 0.15) is 24.8 Å². The zero-order chi connectivity index (χ0) is 11.6. The number of hydrogen-bond acceptors (Lipinski definition) is 3. The molecule has 3 nitrogen and oxygen atoms in total. The Balaban J connectivity index is 2.05. The first kappa shape index (κ1) is 11.9. The molecule has 0 amide bonds. The fourth-order valence-corrected chi connectivity index (χ4v) is 3.29. The molecule has 1 aliphatic rings. The molecule has 5 heteroatoms. The number of halogens is 1. The molecule has 0 unspecified atom stereocenters. The fourth-order valence-electron chi connectivity index (χ4n) is 1.71. The highest BCUT2D eigenvalue weighted by atomic mass is 35.7. The molecule has 2 rings (SSSR count). The minimum atomic E-state index is -3.65. The van der Waals surface area contributed by atoms with Gasteiger partial charge in [-0.3, -0.25) is 0 Å². The van der Waals surface area contributed by atoms with Gasteiger partial charge in [0.2, 0.25) is 0 Å². The van der Waals surface area contributed by atoms with Gasteiger partial charge in [0, 0.05) is 10.7 Å². The van der Waals surface area contributed by atoms with Gasteiger partial charge in [0.05, 0.1) is 6.61 Å². The molecule has 0 saturated heterocycles. The summed E-state index contributed by atoms with van der Waals surface area (Å²) in [6.07, 6.45) is 1.83. The molecule has 1 aromatic carbocycles. The van der Waals surface area contributed by atoms with E-state index < -0.39 is 14.0 Å².